The Morgan fingerprint density at radius 2 is 1.97 bits per heavy atom. The van der Waals surface area contributed by atoms with Crippen molar-refractivity contribution >= 4 is 29.3 Å². The number of hydrogen-bond acceptors (Lipinski definition) is 7. The summed E-state index contributed by atoms with van der Waals surface area (Å²) < 4.78 is 13.4. The van der Waals surface area contributed by atoms with Crippen molar-refractivity contribution in [3.63, 3.8) is 0 Å². The van der Waals surface area contributed by atoms with Gasteiger partial charge in [0.25, 0.3) is 0 Å². The minimum absolute atomic E-state index is 0.00535. The Hall–Kier alpha value is -4.26. The number of nitrogens with one attached hydrogen (secondary N) is 3. The molecule has 3 rings (SSSR count). The van der Waals surface area contributed by atoms with Crippen LogP contribution in [0.4, 0.5) is 10.1 Å². The third-order valence-electron chi connectivity index (χ3n) is 5.85. The van der Waals surface area contributed by atoms with Gasteiger partial charge in [0.05, 0.1) is 17.6 Å². The molecular weight excluding hydrogens is 421 g/mol. The van der Waals surface area contributed by atoms with Crippen molar-refractivity contribution in [2.75, 3.05) is 25.0 Å². The molecule has 0 amide bonds. The number of nitrogens with two attached hydrogens (primary N) is 2. The van der Waals surface area contributed by atoms with Crippen LogP contribution in [0.5, 0.6) is 0 Å². The molecule has 1 saturated heterocycles. The number of benzene rings is 1. The van der Waals surface area contributed by atoms with Crippen LogP contribution in [0.1, 0.15) is 24.0 Å². The van der Waals surface area contributed by atoms with Crippen LogP contribution in [-0.2, 0) is 0 Å². The van der Waals surface area contributed by atoms with E-state index in [0.29, 0.717) is 59.7 Å². The molecule has 9 nitrogen and oxygen atoms in total. The smallest absolute Gasteiger partial charge is 0.212 e. The number of aromatic nitrogens is 1. The van der Waals surface area contributed by atoms with Gasteiger partial charge in [-0.3, -0.25) is 16.2 Å². The lowest BCUT2D eigenvalue weighted by Gasteiger charge is -2.37. The van der Waals surface area contributed by atoms with Gasteiger partial charge in [-0.05, 0) is 25.0 Å². The van der Waals surface area contributed by atoms with Crippen molar-refractivity contribution in [1.29, 1.82) is 21.5 Å². The molecule has 2 heterocycles. The van der Waals surface area contributed by atoms with Gasteiger partial charge in [-0.1, -0.05) is 12.1 Å². The van der Waals surface area contributed by atoms with Crippen molar-refractivity contribution in [3.05, 3.63) is 53.7 Å². The maximum absolute atomic E-state index is 13.4. The van der Waals surface area contributed by atoms with E-state index in [0.717, 1.165) is 6.34 Å². The van der Waals surface area contributed by atoms with E-state index < -0.39 is 5.95 Å². The van der Waals surface area contributed by atoms with Crippen LogP contribution in [-0.4, -0.2) is 48.0 Å². The predicted molar refractivity (Wildman–Crippen MR) is 128 cm³/mol. The first-order valence-corrected chi connectivity index (χ1v) is 10.3. The molecular formula is C23H26FN9. The largest absolute Gasteiger partial charge is 0.404 e. The highest BCUT2D eigenvalue weighted by atomic mass is 19.1. The number of nitriles is 1. The summed E-state index contributed by atoms with van der Waals surface area (Å²) in [5.41, 5.74) is 14.4. The van der Waals surface area contributed by atoms with E-state index in [1.807, 2.05) is 0 Å². The standard InChI is InChI=1S/C23H26FN9/c1-32(13-27)23(30)14-6-8-33(9-7-14)21-16(15-2-5-20(24)31-12-15)3-4-17(18(21)10-25)19(11-26)22(28)29/h2-5,11-14,27,30H,6-9,26H2,1H3,(H3,28,29)/b19-11-,27-13?,30-23?. The summed E-state index contributed by atoms with van der Waals surface area (Å²) in [4.78, 5) is 7.30. The predicted octanol–water partition coefficient (Wildman–Crippen LogP) is 2.73. The average Bonchev–Trinajstić information content (AvgIpc) is 2.83. The van der Waals surface area contributed by atoms with E-state index >= 15 is 0 Å². The third kappa shape index (κ3) is 4.67. The zero-order valence-corrected chi connectivity index (χ0v) is 18.3. The van der Waals surface area contributed by atoms with Crippen LogP contribution in [0, 0.1) is 39.4 Å². The summed E-state index contributed by atoms with van der Waals surface area (Å²) in [6.45, 7) is 1.14. The lowest BCUT2D eigenvalue weighted by molar-refractivity contribution is 0.473. The first-order chi connectivity index (χ1) is 15.8. The van der Waals surface area contributed by atoms with Gasteiger partial charge in [-0.15, -0.1) is 0 Å². The summed E-state index contributed by atoms with van der Waals surface area (Å²) in [6, 6.07) is 8.60. The van der Waals surface area contributed by atoms with Crippen LogP contribution in [0.3, 0.4) is 0 Å². The molecule has 0 spiro atoms. The molecule has 1 aliphatic rings. The minimum atomic E-state index is -0.600. The van der Waals surface area contributed by atoms with Gasteiger partial charge in [0.15, 0.2) is 0 Å². The molecule has 1 fully saturated rings. The summed E-state index contributed by atoms with van der Waals surface area (Å²) in [6.07, 6.45) is 5.08. The summed E-state index contributed by atoms with van der Waals surface area (Å²) >= 11 is 0. The van der Waals surface area contributed by atoms with Crippen LogP contribution in [0.25, 0.3) is 16.7 Å². The number of anilines is 1. The van der Waals surface area contributed by atoms with Gasteiger partial charge in [-0.2, -0.15) is 9.65 Å². The van der Waals surface area contributed by atoms with Crippen LogP contribution >= 0.6 is 0 Å². The maximum atomic E-state index is 13.4. The van der Waals surface area contributed by atoms with Crippen molar-refractivity contribution in [3.8, 4) is 17.2 Å². The van der Waals surface area contributed by atoms with Gasteiger partial charge in [0.2, 0.25) is 5.95 Å². The second kappa shape index (κ2) is 9.91. The molecule has 170 valence electrons. The first kappa shape index (κ1) is 23.4. The molecule has 0 unspecified atom stereocenters. The fourth-order valence-electron chi connectivity index (χ4n) is 4.08. The van der Waals surface area contributed by atoms with Crippen molar-refractivity contribution < 1.29 is 4.39 Å². The molecule has 0 bridgehead atoms. The number of amidine groups is 2. The van der Waals surface area contributed by atoms with Crippen molar-refractivity contribution in [1.82, 2.24) is 9.88 Å². The third-order valence-corrected chi connectivity index (χ3v) is 5.85. The maximum Gasteiger partial charge on any atom is 0.212 e. The average molecular weight is 448 g/mol. The Balaban J connectivity index is 2.10. The molecule has 0 radical (unpaired) electrons. The van der Waals surface area contributed by atoms with E-state index in [9.17, 15) is 9.65 Å². The monoisotopic (exact) mass is 447 g/mol. The van der Waals surface area contributed by atoms with E-state index in [4.69, 9.17) is 27.7 Å². The van der Waals surface area contributed by atoms with Gasteiger partial charge < -0.3 is 21.3 Å². The topological polar surface area (TPSA) is 167 Å². The Morgan fingerprint density at radius 3 is 2.48 bits per heavy atom. The van der Waals surface area contributed by atoms with Crippen molar-refractivity contribution in [2.24, 2.45) is 17.4 Å². The normalized spacial score (nSPS) is 14.5. The summed E-state index contributed by atoms with van der Waals surface area (Å²) in [7, 11) is 1.68. The van der Waals surface area contributed by atoms with Gasteiger partial charge in [0, 0.05) is 60.7 Å². The second-order valence-corrected chi connectivity index (χ2v) is 7.75. The van der Waals surface area contributed by atoms with E-state index in [2.05, 4.69) is 16.0 Å². The van der Waals surface area contributed by atoms with Gasteiger partial charge in [0.1, 0.15) is 17.7 Å². The molecule has 0 atom stereocenters. The molecule has 0 saturated carbocycles. The Labute approximate surface area is 191 Å². The molecule has 1 aliphatic heterocycles. The molecule has 2 aromatic rings. The Kier molecular flexibility index (Phi) is 7.03. The van der Waals surface area contributed by atoms with E-state index in [1.165, 1.54) is 23.4 Å². The lowest BCUT2D eigenvalue weighted by Crippen LogP contribution is -2.41. The second-order valence-electron chi connectivity index (χ2n) is 7.75. The highest BCUT2D eigenvalue weighted by Crippen LogP contribution is 2.39. The Morgan fingerprint density at radius 1 is 1.27 bits per heavy atom. The Bertz CT molecular complexity index is 1140. The van der Waals surface area contributed by atoms with Gasteiger partial charge >= 0.3 is 0 Å². The number of piperidine rings is 1. The van der Waals surface area contributed by atoms with E-state index in [-0.39, 0.29) is 17.3 Å². The van der Waals surface area contributed by atoms with Gasteiger partial charge in [-0.25, -0.2) is 4.98 Å². The summed E-state index contributed by atoms with van der Waals surface area (Å²) in [5.74, 6) is -0.476. The van der Waals surface area contributed by atoms with E-state index in [1.54, 1.807) is 25.2 Å². The molecule has 10 heteroatoms. The summed E-state index contributed by atoms with van der Waals surface area (Å²) in [5, 5.41) is 33.7. The molecule has 7 N–H and O–H groups in total. The highest BCUT2D eigenvalue weighted by molar-refractivity contribution is 6.21. The fourth-order valence-corrected chi connectivity index (χ4v) is 4.08. The molecule has 1 aromatic carbocycles. The van der Waals surface area contributed by atoms with Crippen LogP contribution in [0.2, 0.25) is 0 Å². The van der Waals surface area contributed by atoms with Crippen molar-refractivity contribution in [2.45, 2.75) is 12.8 Å². The first-order valence-electron chi connectivity index (χ1n) is 10.3. The lowest BCUT2D eigenvalue weighted by atomic mass is 9.89. The SMILES string of the molecule is CN(C=N)C(=N)C1CCN(c2c(-c3ccc(F)nc3)ccc(/C(=C/N)C(=N)N)c2C#N)CC1. The zero-order chi connectivity index (χ0) is 24.1. The van der Waals surface area contributed by atoms with Crippen LogP contribution in [0.15, 0.2) is 36.7 Å². The zero-order valence-electron chi connectivity index (χ0n) is 18.3. The highest BCUT2D eigenvalue weighted by Gasteiger charge is 2.28. The number of rotatable bonds is 6. The fraction of sp³-hybridized carbons (Fsp3) is 0.261. The number of nitrogens with zero attached hydrogens (tertiary/aromatic N) is 4. The molecule has 33 heavy (non-hydrogen) atoms. The minimum Gasteiger partial charge on any atom is -0.404 e. The quantitative estimate of drug-likeness (QED) is 0.259. The molecule has 1 aromatic heterocycles. The van der Waals surface area contributed by atoms with Crippen LogP contribution < -0.4 is 16.4 Å². The number of pyridine rings is 1. The number of hydrogen-bond donors (Lipinski definition) is 5. The number of halogens is 1. The molecule has 0 aliphatic carbocycles.